The van der Waals surface area contributed by atoms with Gasteiger partial charge < -0.3 is 15.1 Å². The second-order valence-corrected chi connectivity index (χ2v) is 7.57. The first kappa shape index (κ1) is 21.9. The summed E-state index contributed by atoms with van der Waals surface area (Å²) in [6.07, 6.45) is 0. The third-order valence-corrected chi connectivity index (χ3v) is 5.48. The highest BCUT2D eigenvalue weighted by Gasteiger charge is 2.24. The van der Waals surface area contributed by atoms with Crippen LogP contribution in [-0.4, -0.2) is 47.8 Å². The molecule has 1 heterocycles. The molecule has 8 nitrogen and oxygen atoms in total. The number of hydrogen-bond acceptors (Lipinski definition) is 5. The van der Waals surface area contributed by atoms with Crippen LogP contribution < -0.4 is 10.2 Å². The number of carbonyl (C=O) groups excluding carboxylic acids is 2. The molecular weight excluding hydrogens is 427 g/mol. The molecule has 0 unspecified atom stereocenters. The normalized spacial score (nSPS) is 13.5. The molecule has 0 radical (unpaired) electrons. The number of piperazine rings is 1. The number of halogens is 1. The molecule has 9 heteroatoms. The lowest BCUT2D eigenvalue weighted by Crippen LogP contribution is -2.49. The molecule has 4 rings (SSSR count). The molecule has 33 heavy (non-hydrogen) atoms. The standard InChI is InChI=1S/C24H21FN4O4/c25-22-7-2-1-6-21(22)24(31)28-14-12-27(13-15-28)19-10-8-18(9-11-19)26-23(30)17-4-3-5-20(16-17)29(32)33/h1-11,16H,12-15H2,(H,26,30). The van der Waals surface area contributed by atoms with Crippen LogP contribution in [-0.2, 0) is 0 Å². The van der Waals surface area contributed by atoms with Gasteiger partial charge in [-0.3, -0.25) is 19.7 Å². The van der Waals surface area contributed by atoms with Crippen molar-refractivity contribution in [3.8, 4) is 0 Å². The number of nitrogens with one attached hydrogen (secondary N) is 1. The van der Waals surface area contributed by atoms with Crippen LogP contribution in [0.2, 0.25) is 0 Å². The molecule has 168 valence electrons. The Balaban J connectivity index is 1.35. The number of hydrogen-bond donors (Lipinski definition) is 1. The average Bonchev–Trinajstić information content (AvgIpc) is 2.84. The van der Waals surface area contributed by atoms with E-state index >= 15 is 0 Å². The van der Waals surface area contributed by atoms with Crippen molar-refractivity contribution in [3.63, 3.8) is 0 Å². The van der Waals surface area contributed by atoms with Crippen molar-refractivity contribution in [1.29, 1.82) is 0 Å². The van der Waals surface area contributed by atoms with Crippen LogP contribution in [0.3, 0.4) is 0 Å². The van der Waals surface area contributed by atoms with Gasteiger partial charge in [0.1, 0.15) is 5.82 Å². The van der Waals surface area contributed by atoms with Gasteiger partial charge in [-0.05, 0) is 42.5 Å². The van der Waals surface area contributed by atoms with Gasteiger partial charge in [-0.2, -0.15) is 0 Å². The topological polar surface area (TPSA) is 95.8 Å². The van der Waals surface area contributed by atoms with Gasteiger partial charge >= 0.3 is 0 Å². The van der Waals surface area contributed by atoms with Crippen molar-refractivity contribution < 1.29 is 18.9 Å². The molecule has 0 aromatic heterocycles. The maximum atomic E-state index is 13.9. The SMILES string of the molecule is O=C(Nc1ccc(N2CCN(C(=O)c3ccccc3F)CC2)cc1)c1cccc([N+](=O)[O-])c1. The largest absolute Gasteiger partial charge is 0.368 e. The minimum atomic E-state index is -0.546. The summed E-state index contributed by atoms with van der Waals surface area (Å²) in [6, 6.07) is 18.7. The highest BCUT2D eigenvalue weighted by atomic mass is 19.1. The van der Waals surface area contributed by atoms with Crippen LogP contribution >= 0.6 is 0 Å². The summed E-state index contributed by atoms with van der Waals surface area (Å²) < 4.78 is 13.9. The van der Waals surface area contributed by atoms with Crippen molar-refractivity contribution in [2.24, 2.45) is 0 Å². The van der Waals surface area contributed by atoms with Gasteiger partial charge in [0, 0.05) is 55.2 Å². The zero-order valence-corrected chi connectivity index (χ0v) is 17.6. The number of anilines is 2. The predicted octanol–water partition coefficient (Wildman–Crippen LogP) is 3.95. The van der Waals surface area contributed by atoms with E-state index in [0.29, 0.717) is 31.9 Å². The van der Waals surface area contributed by atoms with Crippen LogP contribution in [0.25, 0.3) is 0 Å². The lowest BCUT2D eigenvalue weighted by Gasteiger charge is -2.36. The van der Waals surface area contributed by atoms with E-state index in [1.165, 1.54) is 36.4 Å². The van der Waals surface area contributed by atoms with Crippen molar-refractivity contribution in [3.05, 3.63) is 99.9 Å². The van der Waals surface area contributed by atoms with Crippen LogP contribution in [0.15, 0.2) is 72.8 Å². The minimum Gasteiger partial charge on any atom is -0.368 e. The van der Waals surface area contributed by atoms with E-state index in [9.17, 15) is 24.1 Å². The molecule has 0 saturated carbocycles. The molecule has 1 N–H and O–H groups in total. The molecule has 1 saturated heterocycles. The molecule has 3 aromatic carbocycles. The third kappa shape index (κ3) is 4.98. The first-order valence-corrected chi connectivity index (χ1v) is 10.4. The number of nitro benzene ring substituents is 1. The number of nitrogens with zero attached hydrogens (tertiary/aromatic N) is 3. The number of amides is 2. The summed E-state index contributed by atoms with van der Waals surface area (Å²) in [6.45, 7) is 2.13. The summed E-state index contributed by atoms with van der Waals surface area (Å²) in [7, 11) is 0. The Bertz CT molecular complexity index is 1190. The minimum absolute atomic E-state index is 0.0785. The fourth-order valence-corrected chi connectivity index (χ4v) is 3.69. The van der Waals surface area contributed by atoms with Gasteiger partial charge in [0.15, 0.2) is 0 Å². The third-order valence-electron chi connectivity index (χ3n) is 5.48. The number of carbonyl (C=O) groups is 2. The maximum absolute atomic E-state index is 13.9. The van der Waals surface area contributed by atoms with Gasteiger partial charge in [-0.15, -0.1) is 0 Å². The molecular formula is C24H21FN4O4. The zero-order chi connectivity index (χ0) is 23.4. The van der Waals surface area contributed by atoms with Gasteiger partial charge in [0.05, 0.1) is 10.5 Å². The van der Waals surface area contributed by atoms with Gasteiger partial charge in [-0.25, -0.2) is 4.39 Å². The summed E-state index contributed by atoms with van der Waals surface area (Å²) >= 11 is 0. The van der Waals surface area contributed by atoms with Crippen LogP contribution in [0.4, 0.5) is 21.5 Å². The second kappa shape index (κ2) is 9.47. The zero-order valence-electron chi connectivity index (χ0n) is 17.6. The van der Waals surface area contributed by atoms with Gasteiger partial charge in [0.25, 0.3) is 17.5 Å². The van der Waals surface area contributed by atoms with E-state index in [0.717, 1.165) is 5.69 Å². The Morgan fingerprint density at radius 2 is 1.61 bits per heavy atom. The molecule has 0 atom stereocenters. The van der Waals surface area contributed by atoms with Gasteiger partial charge in [-0.1, -0.05) is 18.2 Å². The lowest BCUT2D eigenvalue weighted by atomic mass is 10.1. The smallest absolute Gasteiger partial charge is 0.270 e. The number of non-ortho nitro benzene ring substituents is 1. The van der Waals surface area contributed by atoms with E-state index in [4.69, 9.17) is 0 Å². The molecule has 0 bridgehead atoms. The van der Waals surface area contributed by atoms with Crippen LogP contribution in [0.5, 0.6) is 0 Å². The van der Waals surface area contributed by atoms with E-state index in [-0.39, 0.29) is 22.7 Å². The van der Waals surface area contributed by atoms with Crippen molar-refractivity contribution in [2.75, 3.05) is 36.4 Å². The number of benzene rings is 3. The monoisotopic (exact) mass is 448 g/mol. The Morgan fingerprint density at radius 1 is 0.909 bits per heavy atom. The number of nitro groups is 1. The van der Waals surface area contributed by atoms with E-state index in [2.05, 4.69) is 10.2 Å². The van der Waals surface area contributed by atoms with E-state index < -0.39 is 16.6 Å². The van der Waals surface area contributed by atoms with E-state index in [1.807, 2.05) is 12.1 Å². The molecule has 1 fully saturated rings. The molecule has 2 amide bonds. The molecule has 0 spiro atoms. The van der Waals surface area contributed by atoms with Gasteiger partial charge in [0.2, 0.25) is 0 Å². The van der Waals surface area contributed by atoms with Crippen molar-refractivity contribution in [2.45, 2.75) is 0 Å². The predicted molar refractivity (Wildman–Crippen MR) is 122 cm³/mol. The first-order chi connectivity index (χ1) is 15.9. The summed E-state index contributed by atoms with van der Waals surface area (Å²) in [4.78, 5) is 39.1. The summed E-state index contributed by atoms with van der Waals surface area (Å²) in [5, 5.41) is 13.6. The average molecular weight is 448 g/mol. The Kier molecular flexibility index (Phi) is 6.30. The fourth-order valence-electron chi connectivity index (χ4n) is 3.69. The molecule has 1 aliphatic heterocycles. The first-order valence-electron chi connectivity index (χ1n) is 10.4. The van der Waals surface area contributed by atoms with E-state index in [1.54, 1.807) is 29.2 Å². The van der Waals surface area contributed by atoms with Crippen molar-refractivity contribution >= 4 is 28.9 Å². The molecule has 0 aliphatic carbocycles. The highest BCUT2D eigenvalue weighted by Crippen LogP contribution is 2.22. The summed E-state index contributed by atoms with van der Waals surface area (Å²) in [5.74, 6) is -1.27. The van der Waals surface area contributed by atoms with Crippen LogP contribution in [0.1, 0.15) is 20.7 Å². The highest BCUT2D eigenvalue weighted by molar-refractivity contribution is 6.04. The Hall–Kier alpha value is -4.27. The van der Waals surface area contributed by atoms with Crippen molar-refractivity contribution in [1.82, 2.24) is 4.90 Å². The molecule has 3 aromatic rings. The molecule has 1 aliphatic rings. The quantitative estimate of drug-likeness (QED) is 0.471. The lowest BCUT2D eigenvalue weighted by molar-refractivity contribution is -0.384. The Labute approximate surface area is 189 Å². The Morgan fingerprint density at radius 3 is 2.27 bits per heavy atom. The fraction of sp³-hybridized carbons (Fsp3) is 0.167. The number of rotatable bonds is 5. The second-order valence-electron chi connectivity index (χ2n) is 7.57. The summed E-state index contributed by atoms with van der Waals surface area (Å²) in [5.41, 5.74) is 1.62. The maximum Gasteiger partial charge on any atom is 0.270 e. The van der Waals surface area contributed by atoms with Crippen LogP contribution in [0, 0.1) is 15.9 Å².